The second kappa shape index (κ2) is 6.56. The van der Waals surface area contributed by atoms with Gasteiger partial charge < -0.3 is 4.57 Å². The summed E-state index contributed by atoms with van der Waals surface area (Å²) in [5.41, 5.74) is 0.708. The zero-order valence-corrected chi connectivity index (χ0v) is 15.3. The maximum Gasteiger partial charge on any atom is 0.416 e. The summed E-state index contributed by atoms with van der Waals surface area (Å²) in [7, 11) is 1.87. The summed E-state index contributed by atoms with van der Waals surface area (Å²) in [6.45, 7) is 0. The van der Waals surface area contributed by atoms with Crippen molar-refractivity contribution in [3.05, 3.63) is 70.8 Å². The number of amides is 2. The molecule has 1 aromatic heterocycles. The maximum absolute atomic E-state index is 13.0. The van der Waals surface area contributed by atoms with E-state index >= 15 is 0 Å². The van der Waals surface area contributed by atoms with Crippen molar-refractivity contribution in [1.29, 1.82) is 0 Å². The van der Waals surface area contributed by atoms with Crippen LogP contribution in [0.5, 0.6) is 0 Å². The van der Waals surface area contributed by atoms with Crippen LogP contribution in [0.2, 0.25) is 0 Å². The number of aryl methyl sites for hydroxylation is 1. The van der Waals surface area contributed by atoms with E-state index in [0.29, 0.717) is 11.8 Å². The molecule has 8 heteroatoms. The molecule has 2 heterocycles. The fourth-order valence-corrected chi connectivity index (χ4v) is 3.97. The SMILES string of the molecule is Cn1cc(/C=C2\SC(=O)N(c3cccc(C(F)(F)F)c3)C2=O)c2ccccc21. The number of imide groups is 1. The van der Waals surface area contributed by atoms with Crippen molar-refractivity contribution in [1.82, 2.24) is 4.57 Å². The lowest BCUT2D eigenvalue weighted by molar-refractivity contribution is -0.137. The number of anilines is 1. The van der Waals surface area contributed by atoms with Crippen LogP contribution in [-0.2, 0) is 18.0 Å². The molecule has 4 rings (SSSR count). The monoisotopic (exact) mass is 402 g/mol. The molecule has 1 fully saturated rings. The molecular formula is C20H13F3N2O2S. The average Bonchev–Trinajstić information content (AvgIpc) is 3.11. The standard InChI is InChI=1S/C20H13F3N2O2S/c1-24-11-12(15-7-2-3-8-16(15)24)9-17-18(26)25(19(27)28-17)14-6-4-5-13(10-14)20(21,22)23/h2-11H,1H3/b17-9-. The number of hydrogen-bond acceptors (Lipinski definition) is 3. The predicted molar refractivity (Wildman–Crippen MR) is 103 cm³/mol. The van der Waals surface area contributed by atoms with Gasteiger partial charge in [-0.05, 0) is 42.1 Å². The van der Waals surface area contributed by atoms with Crippen LogP contribution in [-0.4, -0.2) is 15.7 Å². The van der Waals surface area contributed by atoms with Crippen molar-refractivity contribution in [3.8, 4) is 0 Å². The lowest BCUT2D eigenvalue weighted by Crippen LogP contribution is -2.28. The number of fused-ring (bicyclic) bond motifs is 1. The summed E-state index contributed by atoms with van der Waals surface area (Å²) in [6, 6.07) is 11.8. The van der Waals surface area contributed by atoms with Crippen molar-refractivity contribution in [2.75, 3.05) is 4.90 Å². The highest BCUT2D eigenvalue weighted by atomic mass is 32.2. The number of thioether (sulfide) groups is 1. The van der Waals surface area contributed by atoms with Crippen LogP contribution in [0.25, 0.3) is 17.0 Å². The summed E-state index contributed by atoms with van der Waals surface area (Å²) >= 11 is 0.711. The molecule has 142 valence electrons. The lowest BCUT2D eigenvalue weighted by atomic mass is 10.1. The molecule has 0 saturated carbocycles. The second-order valence-corrected chi connectivity index (χ2v) is 7.27. The number of halogens is 3. The predicted octanol–water partition coefficient (Wildman–Crippen LogP) is 5.44. The number of aromatic nitrogens is 1. The van der Waals surface area contributed by atoms with E-state index in [1.807, 2.05) is 42.1 Å². The number of alkyl halides is 3. The largest absolute Gasteiger partial charge is 0.416 e. The second-order valence-electron chi connectivity index (χ2n) is 6.28. The Hall–Kier alpha value is -3.00. The molecule has 0 aliphatic carbocycles. The number of carbonyl (C=O) groups excluding carboxylic acids is 2. The van der Waals surface area contributed by atoms with Crippen LogP contribution in [0, 0.1) is 0 Å². The molecule has 0 unspecified atom stereocenters. The molecule has 2 aromatic carbocycles. The van der Waals surface area contributed by atoms with E-state index in [4.69, 9.17) is 0 Å². The van der Waals surface area contributed by atoms with E-state index in [2.05, 4.69) is 0 Å². The summed E-state index contributed by atoms with van der Waals surface area (Å²) in [4.78, 5) is 26.0. The molecule has 0 N–H and O–H groups in total. The number of nitrogens with zero attached hydrogens (tertiary/aromatic N) is 2. The Morgan fingerprint density at radius 3 is 2.54 bits per heavy atom. The van der Waals surface area contributed by atoms with Gasteiger partial charge in [-0.3, -0.25) is 9.59 Å². The highest BCUT2D eigenvalue weighted by molar-refractivity contribution is 8.19. The van der Waals surface area contributed by atoms with E-state index in [1.165, 1.54) is 12.1 Å². The van der Waals surface area contributed by atoms with E-state index in [1.54, 1.807) is 6.08 Å². The van der Waals surface area contributed by atoms with Gasteiger partial charge in [-0.1, -0.05) is 24.3 Å². The fourth-order valence-electron chi connectivity index (χ4n) is 3.14. The molecule has 1 saturated heterocycles. The van der Waals surface area contributed by atoms with Crippen LogP contribution >= 0.6 is 11.8 Å². The van der Waals surface area contributed by atoms with Crippen molar-refractivity contribution in [2.45, 2.75) is 6.18 Å². The van der Waals surface area contributed by atoms with Gasteiger partial charge in [0.1, 0.15) is 0 Å². The number of para-hydroxylation sites is 1. The highest BCUT2D eigenvalue weighted by Gasteiger charge is 2.38. The van der Waals surface area contributed by atoms with Gasteiger partial charge in [-0.2, -0.15) is 13.2 Å². The normalized spacial score (nSPS) is 16.6. The summed E-state index contributed by atoms with van der Waals surface area (Å²) in [5.74, 6) is -0.637. The van der Waals surface area contributed by atoms with Gasteiger partial charge in [0, 0.05) is 29.7 Å². The lowest BCUT2D eigenvalue weighted by Gasteiger charge is -2.14. The maximum atomic E-state index is 13.0. The van der Waals surface area contributed by atoms with E-state index in [-0.39, 0.29) is 10.6 Å². The molecule has 4 nitrogen and oxygen atoms in total. The fraction of sp³-hybridized carbons (Fsp3) is 0.100. The summed E-state index contributed by atoms with van der Waals surface area (Å²) < 4.78 is 40.8. The minimum atomic E-state index is -4.56. The number of hydrogen-bond donors (Lipinski definition) is 0. The molecule has 0 radical (unpaired) electrons. The van der Waals surface area contributed by atoms with Crippen molar-refractivity contribution in [2.24, 2.45) is 7.05 Å². The zero-order chi connectivity index (χ0) is 20.1. The van der Waals surface area contributed by atoms with Crippen LogP contribution in [0.3, 0.4) is 0 Å². The molecule has 0 bridgehead atoms. The topological polar surface area (TPSA) is 42.3 Å². The molecule has 0 spiro atoms. The minimum absolute atomic E-state index is 0.0985. The van der Waals surface area contributed by atoms with Gasteiger partial charge in [0.2, 0.25) is 0 Å². The quantitative estimate of drug-likeness (QED) is 0.536. The Balaban J connectivity index is 1.73. The first-order valence-electron chi connectivity index (χ1n) is 8.25. The Morgan fingerprint density at radius 2 is 1.79 bits per heavy atom. The molecule has 0 atom stereocenters. The molecule has 2 amide bonds. The Labute approximate surface area is 162 Å². The third-order valence-electron chi connectivity index (χ3n) is 4.44. The first kappa shape index (κ1) is 18.4. The van der Waals surface area contributed by atoms with Gasteiger partial charge in [0.05, 0.1) is 16.2 Å². The van der Waals surface area contributed by atoms with Gasteiger partial charge >= 0.3 is 6.18 Å². The Kier molecular flexibility index (Phi) is 4.30. The van der Waals surface area contributed by atoms with Crippen LogP contribution < -0.4 is 4.90 Å². The third kappa shape index (κ3) is 3.09. The van der Waals surface area contributed by atoms with Crippen LogP contribution in [0.1, 0.15) is 11.1 Å². The third-order valence-corrected chi connectivity index (χ3v) is 5.31. The van der Waals surface area contributed by atoms with Gasteiger partial charge in [0.25, 0.3) is 11.1 Å². The van der Waals surface area contributed by atoms with Gasteiger partial charge in [-0.25, -0.2) is 4.90 Å². The first-order valence-corrected chi connectivity index (χ1v) is 9.06. The molecule has 3 aromatic rings. The summed E-state index contributed by atoms with van der Waals surface area (Å²) in [6.07, 6.45) is -1.12. The van der Waals surface area contributed by atoms with Crippen LogP contribution in [0.4, 0.5) is 23.7 Å². The van der Waals surface area contributed by atoms with E-state index in [0.717, 1.165) is 33.5 Å². The van der Waals surface area contributed by atoms with Gasteiger partial charge in [0.15, 0.2) is 0 Å². The van der Waals surface area contributed by atoms with Crippen molar-refractivity contribution < 1.29 is 22.8 Å². The number of benzene rings is 2. The van der Waals surface area contributed by atoms with Gasteiger partial charge in [-0.15, -0.1) is 0 Å². The molecule has 1 aliphatic rings. The molecule has 28 heavy (non-hydrogen) atoms. The first-order chi connectivity index (χ1) is 13.3. The number of carbonyl (C=O) groups is 2. The van der Waals surface area contributed by atoms with E-state index < -0.39 is 22.9 Å². The molecular weight excluding hydrogens is 389 g/mol. The Bertz CT molecular complexity index is 1150. The highest BCUT2D eigenvalue weighted by Crippen LogP contribution is 2.38. The molecule has 1 aliphatic heterocycles. The smallest absolute Gasteiger partial charge is 0.350 e. The summed E-state index contributed by atoms with van der Waals surface area (Å²) in [5, 5.41) is 0.284. The minimum Gasteiger partial charge on any atom is -0.350 e. The zero-order valence-electron chi connectivity index (χ0n) is 14.5. The van der Waals surface area contributed by atoms with Crippen molar-refractivity contribution in [3.63, 3.8) is 0 Å². The van der Waals surface area contributed by atoms with E-state index in [9.17, 15) is 22.8 Å². The van der Waals surface area contributed by atoms with Crippen LogP contribution in [0.15, 0.2) is 59.6 Å². The number of rotatable bonds is 2. The Morgan fingerprint density at radius 1 is 1.04 bits per heavy atom. The average molecular weight is 402 g/mol. The van der Waals surface area contributed by atoms with Crippen molar-refractivity contribution >= 4 is 45.6 Å².